The molecule has 140 valence electrons. The normalized spacial score (nSPS) is 10.6. The van der Waals surface area contributed by atoms with Gasteiger partial charge < -0.3 is 14.6 Å². The van der Waals surface area contributed by atoms with Crippen molar-refractivity contribution in [2.75, 3.05) is 13.7 Å². The largest absolute Gasteiger partial charge is 0.493 e. The second-order valence-corrected chi connectivity index (χ2v) is 7.11. The number of benzene rings is 2. The number of carboxylic acids is 1. The number of hydrogen-bond donors (Lipinski definition) is 1. The summed E-state index contributed by atoms with van der Waals surface area (Å²) in [5.41, 5.74) is 3.64. The molecule has 0 aliphatic heterocycles. The molecule has 27 heavy (non-hydrogen) atoms. The van der Waals surface area contributed by atoms with E-state index in [-0.39, 0.29) is 6.42 Å². The number of carboxylic acid groups (broad SMARTS) is 1. The Morgan fingerprint density at radius 2 is 1.81 bits per heavy atom. The maximum Gasteiger partial charge on any atom is 0.308 e. The van der Waals surface area contributed by atoms with Crippen molar-refractivity contribution in [1.82, 2.24) is 4.98 Å². The minimum absolute atomic E-state index is 0.0605. The molecule has 0 atom stereocenters. The Balaban J connectivity index is 2.06. The number of aliphatic carboxylic acids is 1. The van der Waals surface area contributed by atoms with E-state index in [1.807, 2.05) is 56.3 Å². The summed E-state index contributed by atoms with van der Waals surface area (Å²) in [4.78, 5) is 16.8. The number of aryl methyl sites for hydroxylation is 1. The van der Waals surface area contributed by atoms with E-state index in [0.29, 0.717) is 23.8 Å². The van der Waals surface area contributed by atoms with Crippen LogP contribution in [0.1, 0.15) is 17.4 Å². The van der Waals surface area contributed by atoms with E-state index in [1.54, 1.807) is 7.11 Å². The molecular formula is C21H21NO4S. The summed E-state index contributed by atoms with van der Waals surface area (Å²) in [6.45, 7) is 4.48. The van der Waals surface area contributed by atoms with Crippen LogP contribution in [0.5, 0.6) is 11.5 Å². The number of methoxy groups -OCH3 is 1. The molecule has 0 spiro atoms. The van der Waals surface area contributed by atoms with Crippen LogP contribution in [0.4, 0.5) is 0 Å². The summed E-state index contributed by atoms with van der Waals surface area (Å²) in [6, 6.07) is 13.6. The first-order valence-corrected chi connectivity index (χ1v) is 9.43. The maximum atomic E-state index is 11.3. The summed E-state index contributed by atoms with van der Waals surface area (Å²) < 4.78 is 11.0. The van der Waals surface area contributed by atoms with Gasteiger partial charge in [0.2, 0.25) is 0 Å². The zero-order valence-electron chi connectivity index (χ0n) is 15.5. The highest BCUT2D eigenvalue weighted by atomic mass is 32.1. The molecule has 3 aromatic rings. The molecule has 1 N–H and O–H groups in total. The fourth-order valence-corrected chi connectivity index (χ4v) is 3.82. The molecule has 3 rings (SSSR count). The number of nitrogens with zero attached hydrogens (tertiary/aromatic N) is 1. The Labute approximate surface area is 162 Å². The molecule has 0 unspecified atom stereocenters. The van der Waals surface area contributed by atoms with Gasteiger partial charge in [-0.3, -0.25) is 4.79 Å². The van der Waals surface area contributed by atoms with Crippen molar-refractivity contribution >= 4 is 17.3 Å². The van der Waals surface area contributed by atoms with Gasteiger partial charge in [0.15, 0.2) is 11.5 Å². The fraction of sp³-hybridized carbons (Fsp3) is 0.238. The van der Waals surface area contributed by atoms with E-state index < -0.39 is 5.97 Å². The van der Waals surface area contributed by atoms with Crippen LogP contribution in [-0.4, -0.2) is 29.8 Å². The molecule has 0 bridgehead atoms. The lowest BCUT2D eigenvalue weighted by molar-refractivity contribution is -0.136. The van der Waals surface area contributed by atoms with E-state index in [0.717, 1.165) is 26.6 Å². The van der Waals surface area contributed by atoms with E-state index in [2.05, 4.69) is 0 Å². The molecule has 0 saturated carbocycles. The molecule has 5 nitrogen and oxygen atoms in total. The van der Waals surface area contributed by atoms with Gasteiger partial charge in [0.25, 0.3) is 0 Å². The Bertz CT molecular complexity index is 947. The minimum atomic E-state index is -0.872. The van der Waals surface area contributed by atoms with Crippen molar-refractivity contribution in [3.63, 3.8) is 0 Å². The topological polar surface area (TPSA) is 68.7 Å². The number of aromatic nitrogens is 1. The first-order chi connectivity index (χ1) is 13.0. The smallest absolute Gasteiger partial charge is 0.308 e. The Morgan fingerprint density at radius 1 is 1.11 bits per heavy atom. The van der Waals surface area contributed by atoms with Crippen LogP contribution >= 0.6 is 11.3 Å². The van der Waals surface area contributed by atoms with Crippen molar-refractivity contribution < 1.29 is 19.4 Å². The predicted octanol–water partition coefficient (Wildman–Crippen LogP) is 4.82. The van der Waals surface area contributed by atoms with Crippen LogP contribution in [-0.2, 0) is 11.2 Å². The molecule has 0 radical (unpaired) electrons. The fourth-order valence-electron chi connectivity index (χ4n) is 2.74. The zero-order valence-corrected chi connectivity index (χ0v) is 16.3. The molecule has 6 heteroatoms. The SMILES string of the molecule is CCOc1ccc(-c2nc(-c3ccc(C)cc3)c(CC(=O)O)s2)cc1OC. The van der Waals surface area contributed by atoms with Crippen LogP contribution in [0.15, 0.2) is 42.5 Å². The molecule has 0 fully saturated rings. The monoisotopic (exact) mass is 383 g/mol. The number of hydrogen-bond acceptors (Lipinski definition) is 5. The molecular weight excluding hydrogens is 362 g/mol. The third-order valence-electron chi connectivity index (χ3n) is 4.04. The average molecular weight is 383 g/mol. The van der Waals surface area contributed by atoms with Crippen LogP contribution in [0.3, 0.4) is 0 Å². The van der Waals surface area contributed by atoms with Gasteiger partial charge >= 0.3 is 5.97 Å². The zero-order chi connectivity index (χ0) is 19.4. The standard InChI is InChI=1S/C21H21NO4S/c1-4-26-16-10-9-15(11-17(16)25-3)21-22-20(18(27-21)12-19(23)24)14-7-5-13(2)6-8-14/h5-11H,4,12H2,1-3H3,(H,23,24). The Morgan fingerprint density at radius 3 is 2.44 bits per heavy atom. The quantitative estimate of drug-likeness (QED) is 0.633. The molecule has 2 aromatic carbocycles. The third kappa shape index (κ3) is 4.28. The van der Waals surface area contributed by atoms with Gasteiger partial charge in [-0.05, 0) is 32.0 Å². The maximum absolute atomic E-state index is 11.3. The molecule has 1 aromatic heterocycles. The van der Waals surface area contributed by atoms with E-state index >= 15 is 0 Å². The lowest BCUT2D eigenvalue weighted by Gasteiger charge is -2.09. The van der Waals surface area contributed by atoms with Gasteiger partial charge in [-0.25, -0.2) is 4.98 Å². The summed E-state index contributed by atoms with van der Waals surface area (Å²) >= 11 is 1.39. The van der Waals surface area contributed by atoms with Gasteiger partial charge in [-0.15, -0.1) is 11.3 Å². The molecule has 0 saturated heterocycles. The third-order valence-corrected chi connectivity index (χ3v) is 5.15. The van der Waals surface area contributed by atoms with Crippen molar-refractivity contribution in [2.45, 2.75) is 20.3 Å². The van der Waals surface area contributed by atoms with Gasteiger partial charge in [-0.2, -0.15) is 0 Å². The van der Waals surface area contributed by atoms with E-state index in [9.17, 15) is 9.90 Å². The Kier molecular flexibility index (Phi) is 5.76. The van der Waals surface area contributed by atoms with Crippen LogP contribution in [0.25, 0.3) is 21.8 Å². The molecule has 0 aliphatic rings. The number of rotatable bonds is 7. The second-order valence-electron chi connectivity index (χ2n) is 6.03. The van der Waals surface area contributed by atoms with Crippen LogP contribution in [0.2, 0.25) is 0 Å². The van der Waals surface area contributed by atoms with Crippen molar-refractivity contribution in [3.8, 4) is 33.3 Å². The van der Waals surface area contributed by atoms with Gasteiger partial charge in [0, 0.05) is 16.0 Å². The lowest BCUT2D eigenvalue weighted by Crippen LogP contribution is -1.99. The molecule has 0 aliphatic carbocycles. The summed E-state index contributed by atoms with van der Waals surface area (Å²) in [6.07, 6.45) is -0.0605. The van der Waals surface area contributed by atoms with Crippen LogP contribution in [0, 0.1) is 6.92 Å². The highest BCUT2D eigenvalue weighted by molar-refractivity contribution is 7.15. The van der Waals surface area contributed by atoms with Gasteiger partial charge in [0.1, 0.15) is 5.01 Å². The van der Waals surface area contributed by atoms with Crippen molar-refractivity contribution in [2.24, 2.45) is 0 Å². The summed E-state index contributed by atoms with van der Waals surface area (Å²) in [7, 11) is 1.59. The van der Waals surface area contributed by atoms with Gasteiger partial charge in [0.05, 0.1) is 25.8 Å². The highest BCUT2D eigenvalue weighted by Gasteiger charge is 2.18. The number of ether oxygens (including phenoxy) is 2. The summed E-state index contributed by atoms with van der Waals surface area (Å²) in [5, 5.41) is 10.0. The van der Waals surface area contributed by atoms with E-state index in [1.165, 1.54) is 11.3 Å². The first kappa shape index (κ1) is 18.9. The lowest BCUT2D eigenvalue weighted by atomic mass is 10.1. The Hall–Kier alpha value is -2.86. The highest BCUT2D eigenvalue weighted by Crippen LogP contribution is 2.38. The second kappa shape index (κ2) is 8.22. The number of carbonyl (C=O) groups is 1. The minimum Gasteiger partial charge on any atom is -0.493 e. The number of thiazole rings is 1. The first-order valence-electron chi connectivity index (χ1n) is 8.61. The van der Waals surface area contributed by atoms with Gasteiger partial charge in [-0.1, -0.05) is 29.8 Å². The predicted molar refractivity (Wildman–Crippen MR) is 107 cm³/mol. The average Bonchev–Trinajstić information content (AvgIpc) is 3.06. The van der Waals surface area contributed by atoms with Crippen molar-refractivity contribution in [1.29, 1.82) is 0 Å². The summed E-state index contributed by atoms with van der Waals surface area (Å²) in [5.74, 6) is 0.425. The molecule has 0 amide bonds. The van der Waals surface area contributed by atoms with Crippen molar-refractivity contribution in [3.05, 3.63) is 52.9 Å². The molecule has 1 heterocycles. The van der Waals surface area contributed by atoms with E-state index in [4.69, 9.17) is 14.5 Å². The van der Waals surface area contributed by atoms with Crippen LogP contribution < -0.4 is 9.47 Å².